The van der Waals surface area contributed by atoms with Crippen LogP contribution in [0.2, 0.25) is 0 Å². The molecule has 0 aliphatic carbocycles. The van der Waals surface area contributed by atoms with Crippen molar-refractivity contribution >= 4 is 23.1 Å². The number of piperidine rings is 1. The van der Waals surface area contributed by atoms with E-state index in [-0.39, 0.29) is 11.9 Å². The molecule has 0 atom stereocenters. The van der Waals surface area contributed by atoms with Crippen LogP contribution in [-0.2, 0) is 4.79 Å². The molecular weight excluding hydrogens is 222 g/mol. The number of nitrogens with two attached hydrogens (primary N) is 1. The predicted octanol–water partition coefficient (Wildman–Crippen LogP) is 0.509. The van der Waals surface area contributed by atoms with Crippen LogP contribution in [-0.4, -0.2) is 41.5 Å². The van der Waals surface area contributed by atoms with Crippen molar-refractivity contribution in [2.75, 3.05) is 19.6 Å². The van der Waals surface area contributed by atoms with Gasteiger partial charge in [0.2, 0.25) is 5.91 Å². The molecular formula is C11H21N3OS. The Labute approximate surface area is 103 Å². The molecule has 5 heteroatoms. The van der Waals surface area contributed by atoms with Gasteiger partial charge in [-0.05, 0) is 39.8 Å². The van der Waals surface area contributed by atoms with E-state index in [1.54, 1.807) is 0 Å². The van der Waals surface area contributed by atoms with E-state index < -0.39 is 0 Å². The molecule has 4 nitrogen and oxygen atoms in total. The molecule has 0 radical (unpaired) electrons. The van der Waals surface area contributed by atoms with Gasteiger partial charge in [-0.1, -0.05) is 12.2 Å². The average Bonchev–Trinajstić information content (AvgIpc) is 2.16. The number of thiocarbonyl (C=S) groups is 1. The predicted molar refractivity (Wildman–Crippen MR) is 69.2 cm³/mol. The minimum atomic E-state index is 0.101. The molecule has 0 aromatic heterocycles. The number of carbonyl (C=O) groups is 1. The van der Waals surface area contributed by atoms with E-state index in [0.29, 0.717) is 17.5 Å². The Hall–Kier alpha value is -0.680. The van der Waals surface area contributed by atoms with Crippen molar-refractivity contribution in [2.24, 2.45) is 11.7 Å². The van der Waals surface area contributed by atoms with Crippen LogP contribution in [0.5, 0.6) is 0 Å². The Morgan fingerprint density at radius 1 is 1.50 bits per heavy atom. The van der Waals surface area contributed by atoms with Crippen LogP contribution in [0.3, 0.4) is 0 Å². The zero-order valence-electron chi connectivity index (χ0n) is 10.0. The number of carbonyl (C=O) groups excluding carboxylic acids is 1. The van der Waals surface area contributed by atoms with E-state index in [1.165, 1.54) is 0 Å². The third-order valence-electron chi connectivity index (χ3n) is 2.81. The Bertz CT molecular complexity index is 260. The maximum Gasteiger partial charge on any atom is 0.234 e. The SMILES string of the molecule is CC(C)NC(=O)CN1CCC(C(N)=S)CC1. The van der Waals surface area contributed by atoms with E-state index >= 15 is 0 Å². The highest BCUT2D eigenvalue weighted by molar-refractivity contribution is 7.80. The summed E-state index contributed by atoms with van der Waals surface area (Å²) >= 11 is 4.98. The van der Waals surface area contributed by atoms with Crippen molar-refractivity contribution in [3.63, 3.8) is 0 Å². The van der Waals surface area contributed by atoms with Gasteiger partial charge in [-0.2, -0.15) is 0 Å². The summed E-state index contributed by atoms with van der Waals surface area (Å²) in [4.78, 5) is 14.3. The Kier molecular flexibility index (Phi) is 5.15. The van der Waals surface area contributed by atoms with Gasteiger partial charge in [0.05, 0.1) is 11.5 Å². The van der Waals surface area contributed by atoms with E-state index in [2.05, 4.69) is 10.2 Å². The van der Waals surface area contributed by atoms with Crippen LogP contribution >= 0.6 is 12.2 Å². The molecule has 92 valence electrons. The second kappa shape index (κ2) is 6.15. The third-order valence-corrected chi connectivity index (χ3v) is 3.14. The monoisotopic (exact) mass is 243 g/mol. The van der Waals surface area contributed by atoms with E-state index in [4.69, 9.17) is 18.0 Å². The van der Waals surface area contributed by atoms with Crippen LogP contribution in [0.15, 0.2) is 0 Å². The standard InChI is InChI=1S/C11H21N3OS/c1-8(2)13-10(15)7-14-5-3-9(4-6-14)11(12)16/h8-9H,3-7H2,1-2H3,(H2,12,16)(H,13,15). The minimum Gasteiger partial charge on any atom is -0.393 e. The lowest BCUT2D eigenvalue weighted by atomic mass is 9.97. The number of nitrogens with zero attached hydrogens (tertiary/aromatic N) is 1. The topological polar surface area (TPSA) is 58.4 Å². The fraction of sp³-hybridized carbons (Fsp3) is 0.818. The average molecular weight is 243 g/mol. The zero-order chi connectivity index (χ0) is 12.1. The maximum absolute atomic E-state index is 11.5. The lowest BCUT2D eigenvalue weighted by Crippen LogP contribution is -2.44. The lowest BCUT2D eigenvalue weighted by molar-refractivity contribution is -0.123. The van der Waals surface area contributed by atoms with E-state index in [9.17, 15) is 4.79 Å². The summed E-state index contributed by atoms with van der Waals surface area (Å²) in [6, 6.07) is 0.210. The van der Waals surface area contributed by atoms with Crippen molar-refractivity contribution in [3.8, 4) is 0 Å². The van der Waals surface area contributed by atoms with Crippen LogP contribution in [0.4, 0.5) is 0 Å². The third kappa shape index (κ3) is 4.45. The number of likely N-dealkylation sites (tertiary alicyclic amines) is 1. The Morgan fingerprint density at radius 2 is 2.06 bits per heavy atom. The van der Waals surface area contributed by atoms with Gasteiger partial charge < -0.3 is 11.1 Å². The fourth-order valence-corrected chi connectivity index (χ4v) is 2.18. The number of amides is 1. The largest absolute Gasteiger partial charge is 0.393 e. The van der Waals surface area contributed by atoms with Gasteiger partial charge in [0.1, 0.15) is 0 Å². The summed E-state index contributed by atoms with van der Waals surface area (Å²) in [5.41, 5.74) is 5.61. The normalized spacial score (nSPS) is 18.7. The molecule has 0 aromatic rings. The van der Waals surface area contributed by atoms with Gasteiger partial charge in [-0.15, -0.1) is 0 Å². The second-order valence-electron chi connectivity index (χ2n) is 4.68. The van der Waals surface area contributed by atoms with Gasteiger partial charge in [-0.25, -0.2) is 0 Å². The first kappa shape index (κ1) is 13.4. The van der Waals surface area contributed by atoms with Gasteiger partial charge in [-0.3, -0.25) is 9.69 Å². The number of nitrogens with one attached hydrogen (secondary N) is 1. The molecule has 0 bridgehead atoms. The Morgan fingerprint density at radius 3 is 2.50 bits per heavy atom. The summed E-state index contributed by atoms with van der Waals surface area (Å²) in [6.07, 6.45) is 1.95. The lowest BCUT2D eigenvalue weighted by Gasteiger charge is -2.30. The quantitative estimate of drug-likeness (QED) is 0.706. The van der Waals surface area contributed by atoms with Crippen LogP contribution < -0.4 is 11.1 Å². The highest BCUT2D eigenvalue weighted by atomic mass is 32.1. The molecule has 0 saturated carbocycles. The molecule has 1 amide bonds. The molecule has 0 unspecified atom stereocenters. The van der Waals surface area contributed by atoms with Crippen molar-refractivity contribution in [1.29, 1.82) is 0 Å². The first-order chi connectivity index (χ1) is 7.49. The number of rotatable bonds is 4. The summed E-state index contributed by atoms with van der Waals surface area (Å²) in [6.45, 7) is 6.25. The first-order valence-corrected chi connectivity index (χ1v) is 6.21. The first-order valence-electron chi connectivity index (χ1n) is 5.80. The van der Waals surface area contributed by atoms with Crippen molar-refractivity contribution < 1.29 is 4.79 Å². The summed E-state index contributed by atoms with van der Waals surface area (Å²) in [7, 11) is 0. The molecule has 1 saturated heterocycles. The molecule has 16 heavy (non-hydrogen) atoms. The van der Waals surface area contributed by atoms with Crippen LogP contribution in [0.1, 0.15) is 26.7 Å². The molecule has 1 heterocycles. The molecule has 1 aliphatic rings. The summed E-state index contributed by atoms with van der Waals surface area (Å²) in [5.74, 6) is 0.461. The zero-order valence-corrected chi connectivity index (χ0v) is 10.8. The molecule has 0 aromatic carbocycles. The van der Waals surface area contributed by atoms with E-state index in [0.717, 1.165) is 25.9 Å². The molecule has 1 aliphatic heterocycles. The minimum absolute atomic E-state index is 0.101. The van der Waals surface area contributed by atoms with Gasteiger partial charge in [0, 0.05) is 12.0 Å². The molecule has 0 spiro atoms. The van der Waals surface area contributed by atoms with Crippen molar-refractivity contribution in [1.82, 2.24) is 10.2 Å². The fourth-order valence-electron chi connectivity index (χ4n) is 1.95. The molecule has 1 fully saturated rings. The Balaban J connectivity index is 2.26. The molecule has 3 N–H and O–H groups in total. The van der Waals surface area contributed by atoms with Gasteiger partial charge in [0.25, 0.3) is 0 Å². The van der Waals surface area contributed by atoms with Gasteiger partial charge >= 0.3 is 0 Å². The molecule has 1 rings (SSSR count). The maximum atomic E-state index is 11.5. The summed E-state index contributed by atoms with van der Waals surface area (Å²) in [5, 5.41) is 2.89. The van der Waals surface area contributed by atoms with Crippen molar-refractivity contribution in [3.05, 3.63) is 0 Å². The highest BCUT2D eigenvalue weighted by Crippen LogP contribution is 2.16. The van der Waals surface area contributed by atoms with Crippen LogP contribution in [0.25, 0.3) is 0 Å². The number of hydrogen-bond donors (Lipinski definition) is 2. The van der Waals surface area contributed by atoms with E-state index in [1.807, 2.05) is 13.8 Å². The number of hydrogen-bond acceptors (Lipinski definition) is 3. The summed E-state index contributed by atoms with van der Waals surface area (Å²) < 4.78 is 0. The smallest absolute Gasteiger partial charge is 0.234 e. The second-order valence-corrected chi connectivity index (χ2v) is 5.15. The van der Waals surface area contributed by atoms with Crippen LogP contribution in [0, 0.1) is 5.92 Å². The highest BCUT2D eigenvalue weighted by Gasteiger charge is 2.22. The van der Waals surface area contributed by atoms with Crippen molar-refractivity contribution in [2.45, 2.75) is 32.7 Å². The van der Waals surface area contributed by atoms with Gasteiger partial charge in [0.15, 0.2) is 0 Å².